The van der Waals surface area contributed by atoms with E-state index in [1.165, 1.54) is 51.6 Å². The van der Waals surface area contributed by atoms with Gasteiger partial charge >= 0.3 is 0 Å². The van der Waals surface area contributed by atoms with Crippen molar-refractivity contribution >= 4 is 0 Å². The van der Waals surface area contributed by atoms with Crippen LogP contribution in [0.3, 0.4) is 0 Å². The standard InChI is InChI=1S/C13H24N2/c1-10(11-3-2-4-11)14-12-7-8-15(9-12)13-5-6-13/h10-14H,2-9H2,1H3. The first-order valence-corrected chi connectivity index (χ1v) is 6.83. The molecule has 3 aliphatic rings. The van der Waals surface area contributed by atoms with Crippen LogP contribution in [-0.2, 0) is 0 Å². The van der Waals surface area contributed by atoms with E-state index in [-0.39, 0.29) is 0 Å². The van der Waals surface area contributed by atoms with E-state index in [0.29, 0.717) is 0 Å². The van der Waals surface area contributed by atoms with E-state index in [2.05, 4.69) is 17.1 Å². The number of likely N-dealkylation sites (tertiary alicyclic amines) is 1. The number of hydrogen-bond donors (Lipinski definition) is 1. The summed E-state index contributed by atoms with van der Waals surface area (Å²) < 4.78 is 0. The third-order valence-electron chi connectivity index (χ3n) is 4.64. The highest BCUT2D eigenvalue weighted by Crippen LogP contribution is 2.32. The predicted molar refractivity (Wildman–Crippen MR) is 62.9 cm³/mol. The molecule has 2 nitrogen and oxygen atoms in total. The maximum absolute atomic E-state index is 3.85. The van der Waals surface area contributed by atoms with Crippen LogP contribution in [0.25, 0.3) is 0 Å². The summed E-state index contributed by atoms with van der Waals surface area (Å²) in [6.07, 6.45) is 8.71. The second-order valence-corrected chi connectivity index (χ2v) is 5.86. The number of nitrogens with zero attached hydrogens (tertiary/aromatic N) is 1. The Morgan fingerprint density at radius 2 is 1.93 bits per heavy atom. The van der Waals surface area contributed by atoms with E-state index < -0.39 is 0 Å². The molecule has 2 aliphatic carbocycles. The lowest BCUT2D eigenvalue weighted by Gasteiger charge is -2.34. The smallest absolute Gasteiger partial charge is 0.0209 e. The molecule has 1 N–H and O–H groups in total. The minimum absolute atomic E-state index is 0.767. The van der Waals surface area contributed by atoms with Gasteiger partial charge in [0.05, 0.1) is 0 Å². The average molecular weight is 208 g/mol. The van der Waals surface area contributed by atoms with Crippen molar-refractivity contribution in [3.8, 4) is 0 Å². The van der Waals surface area contributed by atoms with Crippen LogP contribution >= 0.6 is 0 Å². The van der Waals surface area contributed by atoms with Gasteiger partial charge in [-0.05, 0) is 44.9 Å². The quantitative estimate of drug-likeness (QED) is 0.760. The van der Waals surface area contributed by atoms with Gasteiger partial charge in [-0.3, -0.25) is 4.90 Å². The Labute approximate surface area is 93.4 Å². The van der Waals surface area contributed by atoms with Gasteiger partial charge in [-0.1, -0.05) is 6.42 Å². The average Bonchev–Trinajstić information content (AvgIpc) is 2.86. The van der Waals surface area contributed by atoms with Crippen molar-refractivity contribution in [2.75, 3.05) is 13.1 Å². The molecule has 0 aromatic heterocycles. The van der Waals surface area contributed by atoms with Gasteiger partial charge in [-0.15, -0.1) is 0 Å². The fourth-order valence-electron chi connectivity index (χ4n) is 3.14. The highest BCUT2D eigenvalue weighted by molar-refractivity contribution is 4.93. The van der Waals surface area contributed by atoms with Crippen molar-refractivity contribution in [1.29, 1.82) is 0 Å². The third kappa shape index (κ3) is 2.21. The maximum Gasteiger partial charge on any atom is 0.0209 e. The largest absolute Gasteiger partial charge is 0.310 e. The summed E-state index contributed by atoms with van der Waals surface area (Å²) in [6, 6.07) is 2.53. The van der Waals surface area contributed by atoms with Gasteiger partial charge in [0.1, 0.15) is 0 Å². The molecular weight excluding hydrogens is 184 g/mol. The van der Waals surface area contributed by atoms with E-state index in [9.17, 15) is 0 Å². The highest BCUT2D eigenvalue weighted by atomic mass is 15.2. The molecule has 3 rings (SSSR count). The van der Waals surface area contributed by atoms with Crippen molar-refractivity contribution in [1.82, 2.24) is 10.2 Å². The zero-order valence-electron chi connectivity index (χ0n) is 9.91. The van der Waals surface area contributed by atoms with Crippen molar-refractivity contribution in [3.05, 3.63) is 0 Å². The van der Waals surface area contributed by atoms with E-state index in [4.69, 9.17) is 0 Å². The van der Waals surface area contributed by atoms with Crippen molar-refractivity contribution in [2.24, 2.45) is 5.92 Å². The molecule has 1 heterocycles. The minimum Gasteiger partial charge on any atom is -0.310 e. The van der Waals surface area contributed by atoms with Crippen LogP contribution in [0.15, 0.2) is 0 Å². The summed E-state index contributed by atoms with van der Waals surface area (Å²) in [4.78, 5) is 2.70. The van der Waals surface area contributed by atoms with Crippen LogP contribution in [0.4, 0.5) is 0 Å². The molecule has 2 atom stereocenters. The van der Waals surface area contributed by atoms with Crippen LogP contribution in [0.1, 0.15) is 45.4 Å². The number of nitrogens with one attached hydrogen (secondary N) is 1. The summed E-state index contributed by atoms with van der Waals surface area (Å²) in [5, 5.41) is 3.85. The third-order valence-corrected chi connectivity index (χ3v) is 4.64. The minimum atomic E-state index is 0.767. The Morgan fingerprint density at radius 3 is 2.53 bits per heavy atom. The topological polar surface area (TPSA) is 15.3 Å². The lowest BCUT2D eigenvalue weighted by molar-refractivity contribution is 0.223. The van der Waals surface area contributed by atoms with Crippen molar-refractivity contribution < 1.29 is 0 Å². The van der Waals surface area contributed by atoms with Crippen molar-refractivity contribution in [2.45, 2.75) is 63.6 Å². The Bertz CT molecular complexity index is 221. The van der Waals surface area contributed by atoms with E-state index >= 15 is 0 Å². The first kappa shape index (κ1) is 10.1. The summed E-state index contributed by atoms with van der Waals surface area (Å²) in [7, 11) is 0. The predicted octanol–water partition coefficient (Wildman–Crippen LogP) is 2.00. The monoisotopic (exact) mass is 208 g/mol. The van der Waals surface area contributed by atoms with E-state index in [1.54, 1.807) is 0 Å². The van der Waals surface area contributed by atoms with Gasteiger partial charge in [-0.25, -0.2) is 0 Å². The van der Waals surface area contributed by atoms with Gasteiger partial charge in [-0.2, -0.15) is 0 Å². The van der Waals surface area contributed by atoms with Crippen LogP contribution in [-0.4, -0.2) is 36.1 Å². The molecule has 15 heavy (non-hydrogen) atoms. The number of rotatable bonds is 4. The molecule has 0 bridgehead atoms. The molecule has 86 valence electrons. The van der Waals surface area contributed by atoms with Gasteiger partial charge in [0, 0.05) is 31.2 Å². The van der Waals surface area contributed by atoms with E-state index in [0.717, 1.165) is 24.0 Å². The molecule has 0 radical (unpaired) electrons. The molecule has 1 saturated heterocycles. The second-order valence-electron chi connectivity index (χ2n) is 5.86. The van der Waals surface area contributed by atoms with E-state index in [1.807, 2.05) is 0 Å². The molecule has 0 aromatic carbocycles. The van der Waals surface area contributed by atoms with Gasteiger partial charge in [0.2, 0.25) is 0 Å². The molecule has 1 aliphatic heterocycles. The molecule has 2 saturated carbocycles. The van der Waals surface area contributed by atoms with Gasteiger partial charge in [0.25, 0.3) is 0 Å². The maximum atomic E-state index is 3.85. The second kappa shape index (κ2) is 4.06. The molecule has 0 amide bonds. The summed E-state index contributed by atoms with van der Waals surface area (Å²) in [5.74, 6) is 0.986. The Hall–Kier alpha value is -0.0800. The Morgan fingerprint density at radius 1 is 1.13 bits per heavy atom. The zero-order chi connectivity index (χ0) is 10.3. The van der Waals surface area contributed by atoms with Crippen LogP contribution < -0.4 is 5.32 Å². The first-order chi connectivity index (χ1) is 7.33. The fourth-order valence-corrected chi connectivity index (χ4v) is 3.14. The van der Waals surface area contributed by atoms with Crippen LogP contribution in [0, 0.1) is 5.92 Å². The molecule has 2 unspecified atom stereocenters. The zero-order valence-corrected chi connectivity index (χ0v) is 9.91. The van der Waals surface area contributed by atoms with Gasteiger partial charge in [0.15, 0.2) is 0 Å². The fraction of sp³-hybridized carbons (Fsp3) is 1.00. The molecule has 0 spiro atoms. The SMILES string of the molecule is CC(NC1CCN(C2CC2)C1)C1CCC1. The lowest BCUT2D eigenvalue weighted by atomic mass is 9.80. The molecule has 3 fully saturated rings. The van der Waals surface area contributed by atoms with Gasteiger partial charge < -0.3 is 5.32 Å². The Kier molecular flexibility index (Phi) is 2.73. The molecule has 2 heteroatoms. The first-order valence-electron chi connectivity index (χ1n) is 6.83. The molecular formula is C13H24N2. The summed E-state index contributed by atoms with van der Waals surface area (Å²) in [5.41, 5.74) is 0. The van der Waals surface area contributed by atoms with Crippen LogP contribution in [0.5, 0.6) is 0 Å². The van der Waals surface area contributed by atoms with Crippen LogP contribution in [0.2, 0.25) is 0 Å². The Balaban J connectivity index is 1.43. The summed E-state index contributed by atoms with van der Waals surface area (Å²) >= 11 is 0. The highest BCUT2D eigenvalue weighted by Gasteiger charge is 2.35. The number of hydrogen-bond acceptors (Lipinski definition) is 2. The molecule has 0 aromatic rings. The van der Waals surface area contributed by atoms with Crippen molar-refractivity contribution in [3.63, 3.8) is 0 Å². The lowest BCUT2D eigenvalue weighted by Crippen LogP contribution is -2.44. The normalized spacial score (nSPS) is 35.4. The summed E-state index contributed by atoms with van der Waals surface area (Å²) in [6.45, 7) is 5.06.